The lowest BCUT2D eigenvalue weighted by Gasteiger charge is -2.26. The summed E-state index contributed by atoms with van der Waals surface area (Å²) >= 11 is 0. The summed E-state index contributed by atoms with van der Waals surface area (Å²) < 4.78 is 0. The topological polar surface area (TPSA) is 80.9 Å². The largest absolute Gasteiger partial charge is 0.392 e. The van der Waals surface area contributed by atoms with E-state index in [1.807, 2.05) is 0 Å². The van der Waals surface area contributed by atoms with E-state index in [9.17, 15) is 0 Å². The molecule has 1 rings (SSSR count). The predicted octanol–water partition coefficient (Wildman–Crippen LogP) is -1.61. The van der Waals surface area contributed by atoms with Gasteiger partial charge in [0.25, 0.3) is 0 Å². The Labute approximate surface area is 64.4 Å². The Bertz CT molecular complexity index is 166. The average molecular weight is 160 g/mol. The summed E-state index contributed by atoms with van der Waals surface area (Å²) in [5.41, 5.74) is 0.565. The van der Waals surface area contributed by atoms with E-state index in [0.717, 1.165) is 0 Å². The van der Waals surface area contributed by atoms with Crippen LogP contribution in [0.3, 0.4) is 0 Å². The molecule has 0 fully saturated rings. The fourth-order valence-corrected chi connectivity index (χ4v) is 1.14. The highest BCUT2D eigenvalue weighted by atomic mass is 16.4. The van der Waals surface area contributed by atoms with E-state index in [2.05, 4.69) is 0 Å². The van der Waals surface area contributed by atoms with E-state index in [0.29, 0.717) is 5.57 Å². The van der Waals surface area contributed by atoms with Crippen LogP contribution in [0.1, 0.15) is 6.42 Å². The molecule has 0 amide bonds. The highest BCUT2D eigenvalue weighted by molar-refractivity contribution is 5.13. The fourth-order valence-electron chi connectivity index (χ4n) is 1.14. The molecule has 0 saturated heterocycles. The Kier molecular flexibility index (Phi) is 2.62. The fraction of sp³-hybridized carbons (Fsp3) is 0.714. The maximum Gasteiger partial charge on any atom is 0.110 e. The minimum atomic E-state index is -1.12. The zero-order chi connectivity index (χ0) is 8.43. The lowest BCUT2D eigenvalue weighted by molar-refractivity contribution is -0.0488. The summed E-state index contributed by atoms with van der Waals surface area (Å²) in [5, 5.41) is 35.8. The van der Waals surface area contributed by atoms with Crippen molar-refractivity contribution in [1.29, 1.82) is 0 Å². The zero-order valence-corrected chi connectivity index (χ0v) is 6.01. The van der Waals surface area contributed by atoms with Crippen molar-refractivity contribution >= 4 is 0 Å². The number of aliphatic hydroxyl groups is 4. The molecular formula is C7H12O4. The van der Waals surface area contributed by atoms with Gasteiger partial charge in [0.2, 0.25) is 0 Å². The van der Waals surface area contributed by atoms with Gasteiger partial charge in [0.1, 0.15) is 12.2 Å². The molecule has 0 aromatic rings. The van der Waals surface area contributed by atoms with E-state index in [-0.39, 0.29) is 13.0 Å². The third kappa shape index (κ3) is 1.78. The van der Waals surface area contributed by atoms with Crippen molar-refractivity contribution in [2.45, 2.75) is 24.7 Å². The van der Waals surface area contributed by atoms with E-state index >= 15 is 0 Å². The van der Waals surface area contributed by atoms with Crippen LogP contribution in [-0.2, 0) is 0 Å². The minimum Gasteiger partial charge on any atom is -0.392 e. The standard InChI is InChI=1S/C7H12O4/c8-3-4-1-5(9)7(11)6(10)2-4/h1,5-11H,2-3H2/t5-,6-,7-/m1/s1. The number of hydrogen-bond donors (Lipinski definition) is 4. The minimum absolute atomic E-state index is 0.180. The second-order valence-corrected chi connectivity index (χ2v) is 2.74. The predicted molar refractivity (Wildman–Crippen MR) is 37.8 cm³/mol. The lowest BCUT2D eigenvalue weighted by Crippen LogP contribution is -2.40. The van der Waals surface area contributed by atoms with Crippen LogP contribution in [0.2, 0.25) is 0 Å². The van der Waals surface area contributed by atoms with E-state index in [1.54, 1.807) is 0 Å². The Balaban J connectivity index is 2.68. The van der Waals surface area contributed by atoms with Gasteiger partial charge in [0.15, 0.2) is 0 Å². The SMILES string of the molecule is OCC1=C[C@@H](O)[C@@H](O)[C@H](O)C1. The van der Waals surface area contributed by atoms with Gasteiger partial charge in [0, 0.05) is 0 Å². The van der Waals surface area contributed by atoms with Gasteiger partial charge >= 0.3 is 0 Å². The molecule has 0 aromatic heterocycles. The number of rotatable bonds is 1. The van der Waals surface area contributed by atoms with Crippen molar-refractivity contribution in [3.63, 3.8) is 0 Å². The molecule has 0 saturated carbocycles. The Morgan fingerprint density at radius 2 is 2.00 bits per heavy atom. The van der Waals surface area contributed by atoms with Crippen molar-refractivity contribution in [2.75, 3.05) is 6.61 Å². The molecule has 4 nitrogen and oxygen atoms in total. The highest BCUT2D eigenvalue weighted by Gasteiger charge is 2.28. The quantitative estimate of drug-likeness (QED) is 0.348. The van der Waals surface area contributed by atoms with E-state index in [1.165, 1.54) is 6.08 Å². The first kappa shape index (κ1) is 8.67. The molecule has 4 N–H and O–H groups in total. The molecule has 3 atom stereocenters. The van der Waals surface area contributed by atoms with Gasteiger partial charge in [-0.15, -0.1) is 0 Å². The van der Waals surface area contributed by atoms with Gasteiger partial charge < -0.3 is 20.4 Å². The monoisotopic (exact) mass is 160 g/mol. The molecule has 0 aromatic carbocycles. The van der Waals surface area contributed by atoms with Crippen LogP contribution >= 0.6 is 0 Å². The Hall–Kier alpha value is -0.420. The van der Waals surface area contributed by atoms with Crippen LogP contribution in [0.5, 0.6) is 0 Å². The van der Waals surface area contributed by atoms with Crippen molar-refractivity contribution in [3.05, 3.63) is 11.6 Å². The van der Waals surface area contributed by atoms with Crippen LogP contribution in [0, 0.1) is 0 Å². The van der Waals surface area contributed by atoms with Crippen molar-refractivity contribution in [2.24, 2.45) is 0 Å². The van der Waals surface area contributed by atoms with Gasteiger partial charge in [-0.05, 0) is 12.0 Å². The van der Waals surface area contributed by atoms with Crippen molar-refractivity contribution in [3.8, 4) is 0 Å². The molecule has 0 bridgehead atoms. The first-order valence-electron chi connectivity index (χ1n) is 3.49. The van der Waals surface area contributed by atoms with E-state index in [4.69, 9.17) is 20.4 Å². The Morgan fingerprint density at radius 3 is 2.45 bits per heavy atom. The normalized spacial score (nSPS) is 38.5. The van der Waals surface area contributed by atoms with Gasteiger partial charge in [-0.2, -0.15) is 0 Å². The number of hydrogen-bond acceptors (Lipinski definition) is 4. The van der Waals surface area contributed by atoms with Crippen LogP contribution in [0.25, 0.3) is 0 Å². The molecule has 1 aliphatic carbocycles. The molecule has 11 heavy (non-hydrogen) atoms. The summed E-state index contributed by atoms with van der Waals surface area (Å²) in [6.45, 7) is -0.180. The molecule has 0 aliphatic heterocycles. The zero-order valence-electron chi connectivity index (χ0n) is 6.01. The van der Waals surface area contributed by atoms with E-state index < -0.39 is 18.3 Å². The van der Waals surface area contributed by atoms with Gasteiger partial charge in [0.05, 0.1) is 12.7 Å². The molecule has 0 unspecified atom stereocenters. The second-order valence-electron chi connectivity index (χ2n) is 2.74. The molecular weight excluding hydrogens is 148 g/mol. The smallest absolute Gasteiger partial charge is 0.110 e. The van der Waals surface area contributed by atoms with Gasteiger partial charge in [-0.3, -0.25) is 0 Å². The van der Waals surface area contributed by atoms with Gasteiger partial charge in [-0.1, -0.05) is 6.08 Å². The summed E-state index contributed by atoms with van der Waals surface area (Å²) in [6, 6.07) is 0. The highest BCUT2D eigenvalue weighted by Crippen LogP contribution is 2.18. The molecule has 0 heterocycles. The van der Waals surface area contributed by atoms with Crippen molar-refractivity contribution in [1.82, 2.24) is 0 Å². The lowest BCUT2D eigenvalue weighted by atomic mass is 9.93. The van der Waals surface area contributed by atoms with Crippen LogP contribution in [0.15, 0.2) is 11.6 Å². The summed E-state index contributed by atoms with van der Waals surface area (Å²) in [6.07, 6.45) is -1.53. The first-order valence-corrected chi connectivity index (χ1v) is 3.49. The summed E-state index contributed by atoms with van der Waals surface area (Å²) in [7, 11) is 0. The van der Waals surface area contributed by atoms with Crippen molar-refractivity contribution < 1.29 is 20.4 Å². The third-order valence-corrected chi connectivity index (χ3v) is 1.83. The average Bonchev–Trinajstić information content (AvgIpc) is 1.99. The molecule has 0 spiro atoms. The Morgan fingerprint density at radius 1 is 1.36 bits per heavy atom. The maximum atomic E-state index is 9.09. The number of aliphatic hydroxyl groups excluding tert-OH is 4. The second kappa shape index (κ2) is 3.32. The molecule has 0 radical (unpaired) electrons. The van der Waals surface area contributed by atoms with Gasteiger partial charge in [-0.25, -0.2) is 0 Å². The molecule has 64 valence electrons. The maximum absolute atomic E-state index is 9.09. The molecule has 4 heteroatoms. The van der Waals surface area contributed by atoms with Crippen LogP contribution in [0.4, 0.5) is 0 Å². The first-order chi connectivity index (χ1) is 5.15. The summed E-state index contributed by atoms with van der Waals surface area (Å²) in [5.74, 6) is 0. The summed E-state index contributed by atoms with van der Waals surface area (Å²) in [4.78, 5) is 0. The van der Waals surface area contributed by atoms with Crippen LogP contribution < -0.4 is 0 Å². The van der Waals surface area contributed by atoms with Crippen LogP contribution in [-0.4, -0.2) is 45.3 Å². The molecule has 1 aliphatic rings. The third-order valence-electron chi connectivity index (χ3n) is 1.83.